The molecule has 2 aromatic heterocycles. The van der Waals surface area contributed by atoms with Gasteiger partial charge in [-0.15, -0.1) is 0 Å². The van der Waals surface area contributed by atoms with Crippen LogP contribution in [-0.4, -0.2) is 19.5 Å². The number of aromatic amines is 1. The van der Waals surface area contributed by atoms with Gasteiger partial charge in [-0.2, -0.15) is 4.98 Å². The molecule has 1 aromatic carbocycles. The molecule has 0 radical (unpaired) electrons. The maximum Gasteiger partial charge on any atom is 0.280 e. The van der Waals surface area contributed by atoms with Crippen LogP contribution in [0.5, 0.6) is 0 Å². The molecule has 6 heteroatoms. The van der Waals surface area contributed by atoms with Gasteiger partial charge in [-0.1, -0.05) is 30.3 Å². The zero-order chi connectivity index (χ0) is 14.7. The van der Waals surface area contributed by atoms with Crippen molar-refractivity contribution in [3.8, 4) is 0 Å². The lowest BCUT2D eigenvalue weighted by atomic mass is 10.1. The number of rotatable bonds is 5. The lowest BCUT2D eigenvalue weighted by Gasteiger charge is -2.04. The number of nitrogens with one attached hydrogen (secondary N) is 1. The number of fused-ring (bicyclic) bond motifs is 1. The van der Waals surface area contributed by atoms with E-state index in [1.807, 2.05) is 10.6 Å². The van der Waals surface area contributed by atoms with Crippen LogP contribution in [0.15, 0.2) is 41.5 Å². The van der Waals surface area contributed by atoms with Crippen LogP contribution in [-0.2, 0) is 13.0 Å². The molecule has 6 nitrogen and oxygen atoms in total. The van der Waals surface area contributed by atoms with E-state index in [4.69, 9.17) is 5.73 Å². The van der Waals surface area contributed by atoms with Gasteiger partial charge >= 0.3 is 0 Å². The second kappa shape index (κ2) is 5.78. The van der Waals surface area contributed by atoms with Gasteiger partial charge in [-0.05, 0) is 24.8 Å². The van der Waals surface area contributed by atoms with Crippen molar-refractivity contribution in [2.45, 2.75) is 25.8 Å². The van der Waals surface area contributed by atoms with E-state index in [9.17, 15) is 4.79 Å². The zero-order valence-corrected chi connectivity index (χ0v) is 11.6. The van der Waals surface area contributed by atoms with Crippen LogP contribution in [0.4, 0.5) is 5.95 Å². The highest BCUT2D eigenvalue weighted by molar-refractivity contribution is 5.70. The maximum atomic E-state index is 11.7. The van der Waals surface area contributed by atoms with Crippen molar-refractivity contribution in [2.75, 3.05) is 5.73 Å². The number of benzene rings is 1. The molecule has 0 saturated heterocycles. The molecule has 0 aliphatic carbocycles. The van der Waals surface area contributed by atoms with Gasteiger partial charge < -0.3 is 10.3 Å². The molecule has 3 rings (SSSR count). The van der Waals surface area contributed by atoms with Gasteiger partial charge in [0.1, 0.15) is 0 Å². The average Bonchev–Trinajstić information content (AvgIpc) is 2.88. The Bertz CT molecular complexity index is 791. The summed E-state index contributed by atoms with van der Waals surface area (Å²) < 4.78 is 1.88. The van der Waals surface area contributed by atoms with Gasteiger partial charge in [0.15, 0.2) is 11.2 Å². The largest absolute Gasteiger partial charge is 0.369 e. The maximum absolute atomic E-state index is 11.7. The minimum atomic E-state index is -0.291. The smallest absolute Gasteiger partial charge is 0.280 e. The first-order valence-corrected chi connectivity index (χ1v) is 6.98. The van der Waals surface area contributed by atoms with Crippen molar-refractivity contribution in [2.24, 2.45) is 0 Å². The lowest BCUT2D eigenvalue weighted by molar-refractivity contribution is 0.617. The summed E-state index contributed by atoms with van der Waals surface area (Å²) in [5.41, 5.74) is 7.52. The van der Waals surface area contributed by atoms with E-state index in [0.717, 1.165) is 25.8 Å². The number of unbranched alkanes of at least 4 members (excludes halogenated alkanes) is 1. The number of hydrogen-bond donors (Lipinski definition) is 2. The van der Waals surface area contributed by atoms with Gasteiger partial charge in [0.05, 0.1) is 6.33 Å². The normalized spacial score (nSPS) is 11.0. The zero-order valence-electron chi connectivity index (χ0n) is 11.6. The van der Waals surface area contributed by atoms with E-state index >= 15 is 0 Å². The van der Waals surface area contributed by atoms with Crippen LogP contribution >= 0.6 is 0 Å². The molecule has 0 bridgehead atoms. The third-order valence-electron chi connectivity index (χ3n) is 3.45. The van der Waals surface area contributed by atoms with Crippen LogP contribution in [0.2, 0.25) is 0 Å². The van der Waals surface area contributed by atoms with Gasteiger partial charge in [0, 0.05) is 6.54 Å². The second-order valence-electron chi connectivity index (χ2n) is 5.00. The second-order valence-corrected chi connectivity index (χ2v) is 5.00. The standard InChI is InChI=1S/C15H17N5O/c16-15-18-13-12(14(21)19-15)17-10-20(13)9-5-4-8-11-6-2-1-3-7-11/h1-3,6-7,10H,4-5,8-9H2,(H3,16,18,19,21). The molecule has 0 atom stereocenters. The Morgan fingerprint density at radius 1 is 1.19 bits per heavy atom. The number of hydrogen-bond acceptors (Lipinski definition) is 4. The first-order valence-electron chi connectivity index (χ1n) is 6.98. The highest BCUT2D eigenvalue weighted by Gasteiger charge is 2.08. The summed E-state index contributed by atoms with van der Waals surface area (Å²) in [4.78, 5) is 22.4. The Labute approximate surface area is 121 Å². The number of aromatic nitrogens is 4. The Kier molecular flexibility index (Phi) is 3.68. The Balaban J connectivity index is 1.65. The molecule has 0 saturated carbocycles. The molecule has 108 valence electrons. The fraction of sp³-hybridized carbons (Fsp3) is 0.267. The number of nitrogens with zero attached hydrogens (tertiary/aromatic N) is 3. The minimum absolute atomic E-state index is 0.124. The quantitative estimate of drug-likeness (QED) is 0.698. The van der Waals surface area contributed by atoms with Gasteiger partial charge in [-0.25, -0.2) is 4.98 Å². The molecule has 0 spiro atoms. The number of imidazole rings is 1. The summed E-state index contributed by atoms with van der Waals surface area (Å²) in [7, 11) is 0. The predicted molar refractivity (Wildman–Crippen MR) is 81.9 cm³/mol. The van der Waals surface area contributed by atoms with Crippen LogP contribution in [0.25, 0.3) is 11.2 Å². The van der Waals surface area contributed by atoms with Crippen molar-refractivity contribution in [1.29, 1.82) is 0 Å². The first kappa shape index (κ1) is 13.4. The predicted octanol–water partition coefficient (Wildman–Crippen LogP) is 1.72. The highest BCUT2D eigenvalue weighted by Crippen LogP contribution is 2.10. The third kappa shape index (κ3) is 2.94. The van der Waals surface area contributed by atoms with Gasteiger partial charge in [0.25, 0.3) is 5.56 Å². The Morgan fingerprint density at radius 2 is 2.00 bits per heavy atom. The summed E-state index contributed by atoms with van der Waals surface area (Å²) >= 11 is 0. The van der Waals surface area contributed by atoms with E-state index < -0.39 is 0 Å². The van der Waals surface area contributed by atoms with E-state index in [2.05, 4.69) is 39.2 Å². The summed E-state index contributed by atoms with van der Waals surface area (Å²) in [5.74, 6) is 0.124. The van der Waals surface area contributed by atoms with Crippen LogP contribution < -0.4 is 11.3 Å². The Hall–Kier alpha value is -2.63. The monoisotopic (exact) mass is 283 g/mol. The SMILES string of the molecule is Nc1nc2c(ncn2CCCCc2ccccc2)c(=O)[nH]1. The minimum Gasteiger partial charge on any atom is -0.369 e. The van der Waals surface area contributed by atoms with Crippen molar-refractivity contribution in [3.05, 3.63) is 52.6 Å². The molecule has 2 heterocycles. The topological polar surface area (TPSA) is 89.6 Å². The van der Waals surface area contributed by atoms with E-state index in [0.29, 0.717) is 11.2 Å². The Morgan fingerprint density at radius 3 is 2.81 bits per heavy atom. The number of nitrogen functional groups attached to an aromatic ring is 1. The van der Waals surface area contributed by atoms with Gasteiger partial charge in [-0.3, -0.25) is 9.78 Å². The van der Waals surface area contributed by atoms with Crippen molar-refractivity contribution in [3.63, 3.8) is 0 Å². The summed E-state index contributed by atoms with van der Waals surface area (Å²) in [6.45, 7) is 0.777. The molecular weight excluding hydrogens is 266 g/mol. The number of H-pyrrole nitrogens is 1. The fourth-order valence-corrected chi connectivity index (χ4v) is 2.39. The molecule has 3 aromatic rings. The molecule has 0 amide bonds. The first-order chi connectivity index (χ1) is 10.2. The molecule has 3 N–H and O–H groups in total. The lowest BCUT2D eigenvalue weighted by Crippen LogP contribution is -2.12. The summed E-state index contributed by atoms with van der Waals surface area (Å²) in [5, 5.41) is 0. The molecule has 21 heavy (non-hydrogen) atoms. The average molecular weight is 283 g/mol. The highest BCUT2D eigenvalue weighted by atomic mass is 16.1. The third-order valence-corrected chi connectivity index (χ3v) is 3.45. The van der Waals surface area contributed by atoms with E-state index in [1.165, 1.54) is 5.56 Å². The summed E-state index contributed by atoms with van der Waals surface area (Å²) in [6, 6.07) is 10.4. The van der Waals surface area contributed by atoms with Crippen LogP contribution in [0, 0.1) is 0 Å². The van der Waals surface area contributed by atoms with E-state index in [1.54, 1.807) is 6.33 Å². The number of nitrogens with two attached hydrogens (primary N) is 1. The van der Waals surface area contributed by atoms with Crippen molar-refractivity contribution >= 4 is 17.1 Å². The van der Waals surface area contributed by atoms with Crippen molar-refractivity contribution in [1.82, 2.24) is 19.5 Å². The number of aryl methyl sites for hydroxylation is 2. The van der Waals surface area contributed by atoms with Gasteiger partial charge in [0.2, 0.25) is 5.95 Å². The van der Waals surface area contributed by atoms with E-state index in [-0.39, 0.29) is 11.5 Å². The summed E-state index contributed by atoms with van der Waals surface area (Å²) in [6.07, 6.45) is 4.76. The molecule has 0 unspecified atom stereocenters. The van der Waals surface area contributed by atoms with Crippen LogP contribution in [0.3, 0.4) is 0 Å². The number of anilines is 1. The van der Waals surface area contributed by atoms with Crippen LogP contribution in [0.1, 0.15) is 18.4 Å². The molecule has 0 fully saturated rings. The fourth-order valence-electron chi connectivity index (χ4n) is 2.39. The molecule has 0 aliphatic heterocycles. The molecular formula is C15H17N5O. The molecule has 0 aliphatic rings. The van der Waals surface area contributed by atoms with Crippen molar-refractivity contribution < 1.29 is 0 Å².